The van der Waals surface area contributed by atoms with Crippen LogP contribution in [0, 0.1) is 5.92 Å². The molecule has 0 aromatic heterocycles. The van der Waals surface area contributed by atoms with Crippen molar-refractivity contribution in [2.75, 3.05) is 6.79 Å². The molecule has 2 aliphatic rings. The Morgan fingerprint density at radius 1 is 1.25 bits per heavy atom. The van der Waals surface area contributed by atoms with E-state index in [1.54, 1.807) is 4.90 Å². The third-order valence-corrected chi connectivity index (χ3v) is 4.64. The van der Waals surface area contributed by atoms with E-state index in [1.165, 1.54) is 0 Å². The topological polar surface area (TPSA) is 48.0 Å². The lowest BCUT2D eigenvalue weighted by Crippen LogP contribution is -2.43. The van der Waals surface area contributed by atoms with Gasteiger partial charge in [0.05, 0.1) is 0 Å². The number of carbonyl (C=O) groups is 1. The van der Waals surface area contributed by atoms with Crippen molar-refractivity contribution >= 4 is 6.09 Å². The Hall–Kier alpha value is -2.17. The Balaban J connectivity index is 1.87. The molecular formula is C19H25NO4. The number of fused-ring (bicyclic) bond motifs is 2. The Morgan fingerprint density at radius 3 is 2.46 bits per heavy atom. The number of carbonyl (C=O) groups excluding carboxylic acids is 1. The molecule has 0 saturated heterocycles. The van der Waals surface area contributed by atoms with Crippen LogP contribution in [-0.2, 0) is 11.2 Å². The summed E-state index contributed by atoms with van der Waals surface area (Å²) < 4.78 is 16.8. The number of benzene rings is 1. The molecule has 0 saturated carbocycles. The zero-order valence-corrected chi connectivity index (χ0v) is 14.7. The van der Waals surface area contributed by atoms with Gasteiger partial charge in [0.1, 0.15) is 6.10 Å². The van der Waals surface area contributed by atoms with Crippen LogP contribution in [0.25, 0.3) is 0 Å². The van der Waals surface area contributed by atoms with E-state index >= 15 is 0 Å². The van der Waals surface area contributed by atoms with E-state index in [1.807, 2.05) is 45.9 Å². The molecule has 0 spiro atoms. The van der Waals surface area contributed by atoms with Gasteiger partial charge in [0.25, 0.3) is 0 Å². The van der Waals surface area contributed by atoms with Gasteiger partial charge in [-0.25, -0.2) is 4.79 Å². The van der Waals surface area contributed by atoms with Crippen molar-refractivity contribution in [1.82, 2.24) is 4.90 Å². The predicted octanol–water partition coefficient (Wildman–Crippen LogP) is 4.07. The number of hydrogen-bond acceptors (Lipinski definition) is 4. The van der Waals surface area contributed by atoms with E-state index in [2.05, 4.69) is 6.58 Å². The highest BCUT2D eigenvalue weighted by atomic mass is 16.7. The molecule has 1 aliphatic heterocycles. The number of hydrogen-bond donors (Lipinski definition) is 0. The summed E-state index contributed by atoms with van der Waals surface area (Å²) in [6, 6.07) is 4.09. The predicted molar refractivity (Wildman–Crippen MR) is 91.3 cm³/mol. The zero-order chi connectivity index (χ0) is 17.4. The van der Waals surface area contributed by atoms with Crippen molar-refractivity contribution in [3.8, 4) is 11.5 Å². The third-order valence-electron chi connectivity index (χ3n) is 4.64. The summed E-state index contributed by atoms with van der Waals surface area (Å²) in [5.41, 5.74) is 2.12. The number of rotatable bonds is 4. The van der Waals surface area contributed by atoms with Gasteiger partial charge in [-0.2, -0.15) is 0 Å². The molecule has 2 atom stereocenters. The van der Waals surface area contributed by atoms with Gasteiger partial charge in [-0.1, -0.05) is 6.08 Å². The van der Waals surface area contributed by atoms with Gasteiger partial charge in [-0.3, -0.25) is 0 Å². The third kappa shape index (κ3) is 2.83. The minimum Gasteiger partial charge on any atom is -0.454 e. The largest absolute Gasteiger partial charge is 0.454 e. The van der Waals surface area contributed by atoms with Crippen LogP contribution in [0.5, 0.6) is 11.5 Å². The minimum atomic E-state index is -0.334. The second kappa shape index (κ2) is 6.38. The molecular weight excluding hydrogens is 306 g/mol. The second-order valence-corrected chi connectivity index (χ2v) is 6.91. The van der Waals surface area contributed by atoms with E-state index < -0.39 is 0 Å². The maximum Gasteiger partial charge on any atom is 0.410 e. The first-order chi connectivity index (χ1) is 11.4. The number of ether oxygens (including phenoxy) is 3. The lowest BCUT2D eigenvalue weighted by Gasteiger charge is -2.32. The summed E-state index contributed by atoms with van der Waals surface area (Å²) in [6.07, 6.45) is 2.03. The summed E-state index contributed by atoms with van der Waals surface area (Å²) in [7, 11) is 0. The van der Waals surface area contributed by atoms with Crippen LogP contribution in [0.4, 0.5) is 4.79 Å². The highest BCUT2D eigenvalue weighted by Crippen LogP contribution is 2.46. The van der Waals surface area contributed by atoms with Crippen LogP contribution in [0.2, 0.25) is 0 Å². The average molecular weight is 331 g/mol. The summed E-state index contributed by atoms with van der Waals surface area (Å²) in [5, 5.41) is 0. The maximum atomic E-state index is 12.7. The molecule has 5 heteroatoms. The van der Waals surface area contributed by atoms with Crippen molar-refractivity contribution < 1.29 is 19.0 Å². The smallest absolute Gasteiger partial charge is 0.410 e. The molecule has 0 fully saturated rings. The fourth-order valence-corrected chi connectivity index (χ4v) is 3.58. The van der Waals surface area contributed by atoms with Crippen LogP contribution in [0.1, 0.15) is 44.9 Å². The maximum absolute atomic E-state index is 12.7. The first kappa shape index (κ1) is 16.7. The molecule has 0 bridgehead atoms. The van der Waals surface area contributed by atoms with Crippen molar-refractivity contribution in [2.24, 2.45) is 5.92 Å². The van der Waals surface area contributed by atoms with Crippen molar-refractivity contribution in [1.29, 1.82) is 0 Å². The monoisotopic (exact) mass is 331 g/mol. The second-order valence-electron chi connectivity index (χ2n) is 6.91. The molecule has 1 aromatic carbocycles. The molecule has 5 nitrogen and oxygen atoms in total. The lowest BCUT2D eigenvalue weighted by atomic mass is 10.0. The molecule has 130 valence electrons. The molecule has 0 radical (unpaired) electrons. The summed E-state index contributed by atoms with van der Waals surface area (Å²) in [5.74, 6) is 1.53. The summed E-state index contributed by atoms with van der Waals surface area (Å²) in [6.45, 7) is 12.1. The Labute approximate surface area is 143 Å². The molecule has 0 unspecified atom stereocenters. The standard InChI is InChI=1S/C19H25NO4/c1-6-13-7-14-8-16-17(23-10-22-16)9-15(14)18(13)24-19(21)20(11(2)3)12(4)5/h6,8-9,11-13,18H,1,7,10H2,2-5H3/t13-,18-/m0/s1. The highest BCUT2D eigenvalue weighted by molar-refractivity contribution is 5.69. The first-order valence-corrected chi connectivity index (χ1v) is 8.46. The van der Waals surface area contributed by atoms with Crippen molar-refractivity contribution in [2.45, 2.75) is 52.3 Å². The molecule has 24 heavy (non-hydrogen) atoms. The van der Waals surface area contributed by atoms with Gasteiger partial charge in [0.2, 0.25) is 6.79 Å². The van der Waals surface area contributed by atoms with Gasteiger partial charge in [-0.05, 0) is 51.8 Å². The van der Waals surface area contributed by atoms with Crippen LogP contribution < -0.4 is 9.47 Å². The van der Waals surface area contributed by atoms with E-state index in [0.29, 0.717) is 5.75 Å². The van der Waals surface area contributed by atoms with Gasteiger partial charge >= 0.3 is 6.09 Å². The first-order valence-electron chi connectivity index (χ1n) is 8.46. The Kier molecular flexibility index (Phi) is 4.43. The zero-order valence-electron chi connectivity index (χ0n) is 14.7. The fraction of sp³-hybridized carbons (Fsp3) is 0.526. The van der Waals surface area contributed by atoms with Crippen LogP contribution in [-0.4, -0.2) is 29.9 Å². The van der Waals surface area contributed by atoms with E-state index in [0.717, 1.165) is 23.3 Å². The highest BCUT2D eigenvalue weighted by Gasteiger charge is 2.37. The van der Waals surface area contributed by atoms with E-state index in [-0.39, 0.29) is 37.0 Å². The number of amides is 1. The Morgan fingerprint density at radius 2 is 1.88 bits per heavy atom. The van der Waals surface area contributed by atoms with Crippen LogP contribution in [0.15, 0.2) is 24.8 Å². The molecule has 1 aromatic rings. The lowest BCUT2D eigenvalue weighted by molar-refractivity contribution is 0.0338. The Bertz CT molecular complexity index is 645. The molecule has 1 amide bonds. The average Bonchev–Trinajstić information content (AvgIpc) is 3.08. The van der Waals surface area contributed by atoms with Crippen LogP contribution in [0.3, 0.4) is 0 Å². The van der Waals surface area contributed by atoms with E-state index in [4.69, 9.17) is 14.2 Å². The molecule has 0 N–H and O–H groups in total. The van der Waals surface area contributed by atoms with Gasteiger partial charge < -0.3 is 19.1 Å². The fourth-order valence-electron chi connectivity index (χ4n) is 3.58. The molecule has 1 aliphatic carbocycles. The summed E-state index contributed by atoms with van der Waals surface area (Å²) >= 11 is 0. The minimum absolute atomic E-state index is 0.0626. The van der Waals surface area contributed by atoms with Crippen LogP contribution >= 0.6 is 0 Å². The number of nitrogens with zero attached hydrogens (tertiary/aromatic N) is 1. The van der Waals surface area contributed by atoms with Crippen molar-refractivity contribution in [3.05, 3.63) is 35.9 Å². The van der Waals surface area contributed by atoms with E-state index in [9.17, 15) is 4.79 Å². The van der Waals surface area contributed by atoms with Crippen molar-refractivity contribution in [3.63, 3.8) is 0 Å². The normalized spacial score (nSPS) is 21.1. The van der Waals surface area contributed by atoms with Gasteiger partial charge in [0.15, 0.2) is 11.5 Å². The molecule has 3 rings (SSSR count). The SMILES string of the molecule is C=C[C@H]1Cc2cc3c(cc2[C@H]1OC(=O)N(C(C)C)C(C)C)OCO3. The van der Waals surface area contributed by atoms with Gasteiger partial charge in [-0.15, -0.1) is 6.58 Å². The van der Waals surface area contributed by atoms with Gasteiger partial charge in [0, 0.05) is 23.6 Å². The molecule has 1 heterocycles. The summed E-state index contributed by atoms with van der Waals surface area (Å²) in [4.78, 5) is 14.5. The quantitative estimate of drug-likeness (QED) is 0.780.